The second-order valence-corrected chi connectivity index (χ2v) is 5.96. The fraction of sp³-hybridized carbons (Fsp3) is 0.588. The van der Waals surface area contributed by atoms with Gasteiger partial charge in [-0.3, -0.25) is 9.69 Å². The number of carbonyl (C=O) groups excluding carboxylic acids is 1. The Morgan fingerprint density at radius 1 is 1.18 bits per heavy atom. The third-order valence-electron chi connectivity index (χ3n) is 4.40. The average molecular weight is 307 g/mol. The summed E-state index contributed by atoms with van der Waals surface area (Å²) >= 11 is 0. The zero-order valence-electron chi connectivity index (χ0n) is 14.1. The van der Waals surface area contributed by atoms with Gasteiger partial charge in [0.2, 0.25) is 0 Å². The van der Waals surface area contributed by atoms with Crippen molar-refractivity contribution in [2.24, 2.45) is 0 Å². The molecule has 1 heterocycles. The van der Waals surface area contributed by atoms with Gasteiger partial charge in [-0.1, -0.05) is 0 Å². The maximum Gasteiger partial charge on any atom is 0.182 e. The Morgan fingerprint density at radius 2 is 1.82 bits per heavy atom. The number of hydrogen-bond donors (Lipinski definition) is 0. The Kier molecular flexibility index (Phi) is 5.08. The lowest BCUT2D eigenvalue weighted by Crippen LogP contribution is -2.54. The van der Waals surface area contributed by atoms with Crippen LogP contribution in [0, 0.1) is 6.92 Å². The molecule has 0 atom stereocenters. The van der Waals surface area contributed by atoms with Crippen LogP contribution in [-0.4, -0.2) is 56.7 Å². The van der Waals surface area contributed by atoms with E-state index in [1.807, 2.05) is 26.8 Å². The molecule has 1 aromatic rings. The van der Waals surface area contributed by atoms with Crippen molar-refractivity contribution in [3.63, 3.8) is 0 Å². The summed E-state index contributed by atoms with van der Waals surface area (Å²) in [5, 5.41) is 0. The summed E-state index contributed by atoms with van der Waals surface area (Å²) in [6.45, 7) is 8.71. The normalized spacial score (nSPS) is 16.4. The standard InChI is InChI=1S/C17H25NO4/c1-12-13(6-7-14(20-4)15(12)21-5)16(19)17(2,3)18-8-10-22-11-9-18/h6-7H,8-11H2,1-5H3. The Morgan fingerprint density at radius 3 is 2.36 bits per heavy atom. The molecular formula is C17H25NO4. The smallest absolute Gasteiger partial charge is 0.182 e. The van der Waals surface area contributed by atoms with Crippen molar-refractivity contribution in [1.82, 2.24) is 4.90 Å². The number of carbonyl (C=O) groups is 1. The van der Waals surface area contributed by atoms with Gasteiger partial charge in [0.1, 0.15) is 0 Å². The number of benzene rings is 1. The maximum absolute atomic E-state index is 13.1. The molecule has 22 heavy (non-hydrogen) atoms. The van der Waals surface area contributed by atoms with Gasteiger partial charge in [0.05, 0.1) is 33.0 Å². The van der Waals surface area contributed by atoms with Crippen LogP contribution < -0.4 is 9.47 Å². The highest BCUT2D eigenvalue weighted by Crippen LogP contribution is 2.35. The van der Waals surface area contributed by atoms with Crippen LogP contribution in [0.25, 0.3) is 0 Å². The lowest BCUT2D eigenvalue weighted by molar-refractivity contribution is -0.00433. The van der Waals surface area contributed by atoms with Gasteiger partial charge < -0.3 is 14.2 Å². The topological polar surface area (TPSA) is 48.0 Å². The van der Waals surface area contributed by atoms with Crippen LogP contribution in [0.15, 0.2) is 12.1 Å². The molecule has 0 amide bonds. The molecule has 122 valence electrons. The Balaban J connectivity index is 2.36. The Labute approximate surface area is 132 Å². The van der Waals surface area contributed by atoms with Crippen LogP contribution in [0.3, 0.4) is 0 Å². The Hall–Kier alpha value is -1.59. The van der Waals surface area contributed by atoms with Crippen molar-refractivity contribution in [1.29, 1.82) is 0 Å². The molecule has 5 nitrogen and oxygen atoms in total. The third kappa shape index (κ3) is 2.96. The van der Waals surface area contributed by atoms with E-state index in [0.717, 1.165) is 18.7 Å². The Bertz CT molecular complexity index is 548. The first-order valence-corrected chi connectivity index (χ1v) is 7.52. The van der Waals surface area contributed by atoms with Gasteiger partial charge in [-0.25, -0.2) is 0 Å². The molecule has 0 radical (unpaired) electrons. The molecule has 0 aromatic heterocycles. The van der Waals surface area contributed by atoms with Gasteiger partial charge in [0.25, 0.3) is 0 Å². The molecular weight excluding hydrogens is 282 g/mol. The summed E-state index contributed by atoms with van der Waals surface area (Å²) in [6, 6.07) is 3.61. The quantitative estimate of drug-likeness (QED) is 0.781. The molecule has 1 aliphatic rings. The second-order valence-electron chi connectivity index (χ2n) is 5.96. The molecule has 2 rings (SSSR count). The monoisotopic (exact) mass is 307 g/mol. The van der Waals surface area contributed by atoms with Crippen LogP contribution in [0.5, 0.6) is 11.5 Å². The predicted octanol–water partition coefficient (Wildman–Crippen LogP) is 2.31. The van der Waals surface area contributed by atoms with Gasteiger partial charge in [-0.05, 0) is 32.9 Å². The van der Waals surface area contributed by atoms with Crippen LogP contribution in [0.4, 0.5) is 0 Å². The molecule has 1 fully saturated rings. The van der Waals surface area contributed by atoms with E-state index in [1.54, 1.807) is 20.3 Å². The van der Waals surface area contributed by atoms with E-state index in [9.17, 15) is 4.79 Å². The van der Waals surface area contributed by atoms with Crippen molar-refractivity contribution in [3.05, 3.63) is 23.3 Å². The van der Waals surface area contributed by atoms with Gasteiger partial charge >= 0.3 is 0 Å². The lowest BCUT2D eigenvalue weighted by atomic mass is 9.88. The van der Waals surface area contributed by atoms with Crippen LogP contribution in [0.1, 0.15) is 29.8 Å². The second kappa shape index (κ2) is 6.67. The van der Waals surface area contributed by atoms with E-state index in [2.05, 4.69) is 4.90 Å². The van der Waals surface area contributed by atoms with Crippen molar-refractivity contribution < 1.29 is 19.0 Å². The summed E-state index contributed by atoms with van der Waals surface area (Å²) in [5.74, 6) is 1.35. The fourth-order valence-corrected chi connectivity index (χ4v) is 2.92. The summed E-state index contributed by atoms with van der Waals surface area (Å²) in [5.41, 5.74) is 0.913. The summed E-state index contributed by atoms with van der Waals surface area (Å²) < 4.78 is 16.1. The minimum absolute atomic E-state index is 0.0906. The third-order valence-corrected chi connectivity index (χ3v) is 4.40. The van der Waals surface area contributed by atoms with Crippen molar-refractivity contribution in [2.75, 3.05) is 40.5 Å². The summed E-state index contributed by atoms with van der Waals surface area (Å²) in [4.78, 5) is 15.3. The predicted molar refractivity (Wildman–Crippen MR) is 85.1 cm³/mol. The number of methoxy groups -OCH3 is 2. The van der Waals surface area contributed by atoms with E-state index in [4.69, 9.17) is 14.2 Å². The molecule has 0 unspecified atom stereocenters. The zero-order chi connectivity index (χ0) is 16.3. The maximum atomic E-state index is 13.1. The highest BCUT2D eigenvalue weighted by Gasteiger charge is 2.37. The van der Waals surface area contributed by atoms with E-state index in [-0.39, 0.29) is 5.78 Å². The molecule has 0 spiro atoms. The molecule has 1 aliphatic heterocycles. The van der Waals surface area contributed by atoms with Crippen LogP contribution >= 0.6 is 0 Å². The molecule has 1 aromatic carbocycles. The minimum Gasteiger partial charge on any atom is -0.493 e. The van der Waals surface area contributed by atoms with Crippen molar-refractivity contribution >= 4 is 5.78 Å². The van der Waals surface area contributed by atoms with Crippen LogP contribution in [-0.2, 0) is 4.74 Å². The highest BCUT2D eigenvalue weighted by molar-refractivity contribution is 6.04. The van der Waals surface area contributed by atoms with Crippen molar-refractivity contribution in [3.8, 4) is 11.5 Å². The number of nitrogens with zero attached hydrogens (tertiary/aromatic N) is 1. The number of ketones is 1. The first-order chi connectivity index (χ1) is 10.4. The van der Waals surface area contributed by atoms with Gasteiger partial charge in [-0.2, -0.15) is 0 Å². The first kappa shape index (κ1) is 16.8. The average Bonchev–Trinajstić information content (AvgIpc) is 2.54. The molecule has 0 saturated carbocycles. The number of morpholine rings is 1. The van der Waals surface area contributed by atoms with Gasteiger partial charge in [0, 0.05) is 24.2 Å². The number of hydrogen-bond acceptors (Lipinski definition) is 5. The number of rotatable bonds is 5. The number of ether oxygens (including phenoxy) is 3. The summed E-state index contributed by atoms with van der Waals surface area (Å²) in [7, 11) is 3.18. The lowest BCUT2D eigenvalue weighted by Gasteiger charge is -2.39. The van der Waals surface area contributed by atoms with E-state index in [0.29, 0.717) is 30.3 Å². The molecule has 0 bridgehead atoms. The van der Waals surface area contributed by atoms with Crippen LogP contribution in [0.2, 0.25) is 0 Å². The fourth-order valence-electron chi connectivity index (χ4n) is 2.92. The largest absolute Gasteiger partial charge is 0.493 e. The molecule has 1 saturated heterocycles. The minimum atomic E-state index is -0.575. The highest BCUT2D eigenvalue weighted by atomic mass is 16.5. The van der Waals surface area contributed by atoms with E-state index < -0.39 is 5.54 Å². The van der Waals surface area contributed by atoms with Crippen molar-refractivity contribution in [2.45, 2.75) is 26.3 Å². The zero-order valence-corrected chi connectivity index (χ0v) is 14.1. The first-order valence-electron chi connectivity index (χ1n) is 7.52. The van der Waals surface area contributed by atoms with E-state index in [1.165, 1.54) is 0 Å². The van der Waals surface area contributed by atoms with Gasteiger partial charge in [-0.15, -0.1) is 0 Å². The van der Waals surface area contributed by atoms with E-state index >= 15 is 0 Å². The number of Topliss-reactive ketones (excluding diaryl/α,β-unsaturated/α-hetero) is 1. The summed E-state index contributed by atoms with van der Waals surface area (Å²) in [6.07, 6.45) is 0. The van der Waals surface area contributed by atoms with Gasteiger partial charge in [0.15, 0.2) is 17.3 Å². The molecule has 0 N–H and O–H groups in total. The molecule has 5 heteroatoms. The molecule has 0 aliphatic carbocycles. The SMILES string of the molecule is COc1ccc(C(=O)C(C)(C)N2CCOCC2)c(C)c1OC.